The number of nitrogens with two attached hydrogens (primary N) is 2. The summed E-state index contributed by atoms with van der Waals surface area (Å²) in [7, 11) is 0. The normalized spacial score (nSPS) is 11.4. The monoisotopic (exact) mass is 210 g/mol. The standard InChI is InChI=1S/C9H14N4S/c1-3-7-4-5-8(14-7)6(2)12-13-9(10)11/h4-5H,3H2,1-2H3,(H4,10,11,13). The van der Waals surface area contributed by atoms with Gasteiger partial charge in [-0.25, -0.2) is 0 Å². The van der Waals surface area contributed by atoms with Gasteiger partial charge in [0.25, 0.3) is 0 Å². The van der Waals surface area contributed by atoms with Gasteiger partial charge in [0.15, 0.2) is 0 Å². The van der Waals surface area contributed by atoms with E-state index in [1.54, 1.807) is 11.3 Å². The van der Waals surface area contributed by atoms with Crippen molar-refractivity contribution >= 4 is 23.0 Å². The van der Waals surface area contributed by atoms with E-state index in [0.29, 0.717) is 0 Å². The largest absolute Gasteiger partial charge is 0.369 e. The highest BCUT2D eigenvalue weighted by atomic mass is 32.1. The van der Waals surface area contributed by atoms with Crippen molar-refractivity contribution in [2.24, 2.45) is 21.7 Å². The third-order valence-corrected chi connectivity index (χ3v) is 3.02. The Morgan fingerprint density at radius 3 is 2.57 bits per heavy atom. The van der Waals surface area contributed by atoms with Crippen molar-refractivity contribution < 1.29 is 0 Å². The Morgan fingerprint density at radius 2 is 2.07 bits per heavy atom. The fourth-order valence-corrected chi connectivity index (χ4v) is 1.83. The molecule has 0 spiro atoms. The fourth-order valence-electron chi connectivity index (χ4n) is 0.944. The van der Waals surface area contributed by atoms with Crippen LogP contribution in [0, 0.1) is 0 Å². The van der Waals surface area contributed by atoms with Crippen molar-refractivity contribution in [3.05, 3.63) is 21.9 Å². The lowest BCUT2D eigenvalue weighted by molar-refractivity contribution is 1.19. The number of hydrogen-bond donors (Lipinski definition) is 2. The van der Waals surface area contributed by atoms with Gasteiger partial charge in [0, 0.05) is 4.88 Å². The van der Waals surface area contributed by atoms with Gasteiger partial charge in [0.05, 0.1) is 10.6 Å². The van der Waals surface area contributed by atoms with E-state index < -0.39 is 0 Å². The summed E-state index contributed by atoms with van der Waals surface area (Å²) in [6.07, 6.45) is 1.04. The Bertz CT molecular complexity index is 361. The van der Waals surface area contributed by atoms with Crippen LogP contribution >= 0.6 is 11.3 Å². The predicted molar refractivity (Wildman–Crippen MR) is 61.7 cm³/mol. The van der Waals surface area contributed by atoms with Crippen LogP contribution in [0.1, 0.15) is 23.6 Å². The second-order valence-electron chi connectivity index (χ2n) is 2.83. The molecule has 0 aliphatic rings. The summed E-state index contributed by atoms with van der Waals surface area (Å²) in [5.41, 5.74) is 11.2. The minimum Gasteiger partial charge on any atom is -0.369 e. The third-order valence-electron chi connectivity index (χ3n) is 1.68. The summed E-state index contributed by atoms with van der Waals surface area (Å²) in [5.74, 6) is -0.0170. The van der Waals surface area contributed by atoms with E-state index in [9.17, 15) is 0 Å². The first-order valence-electron chi connectivity index (χ1n) is 4.35. The minimum absolute atomic E-state index is 0.0170. The SMILES string of the molecule is CCc1ccc(C(C)=NN=C(N)N)s1. The molecule has 0 aromatic carbocycles. The zero-order valence-corrected chi connectivity index (χ0v) is 9.14. The molecule has 1 aromatic heterocycles. The van der Waals surface area contributed by atoms with Gasteiger partial charge in [-0.15, -0.1) is 16.4 Å². The number of guanidine groups is 1. The van der Waals surface area contributed by atoms with Crippen molar-refractivity contribution in [2.45, 2.75) is 20.3 Å². The highest BCUT2D eigenvalue weighted by Crippen LogP contribution is 2.17. The summed E-state index contributed by atoms with van der Waals surface area (Å²) in [4.78, 5) is 2.44. The summed E-state index contributed by atoms with van der Waals surface area (Å²) >= 11 is 1.71. The molecule has 0 atom stereocenters. The molecule has 1 aromatic rings. The topological polar surface area (TPSA) is 76.8 Å². The molecule has 0 aliphatic carbocycles. The minimum atomic E-state index is -0.0170. The quantitative estimate of drug-likeness (QED) is 0.448. The molecule has 4 N–H and O–H groups in total. The smallest absolute Gasteiger partial charge is 0.211 e. The van der Waals surface area contributed by atoms with Crippen molar-refractivity contribution in [1.29, 1.82) is 0 Å². The molecule has 14 heavy (non-hydrogen) atoms. The van der Waals surface area contributed by atoms with E-state index in [2.05, 4.69) is 23.2 Å². The molecular formula is C9H14N4S. The lowest BCUT2D eigenvalue weighted by atomic mass is 10.3. The number of nitrogens with zero attached hydrogens (tertiary/aromatic N) is 2. The van der Waals surface area contributed by atoms with Crippen molar-refractivity contribution in [2.75, 3.05) is 0 Å². The van der Waals surface area contributed by atoms with Gasteiger partial charge in [-0.2, -0.15) is 5.10 Å². The highest BCUT2D eigenvalue weighted by molar-refractivity contribution is 7.14. The Balaban J connectivity index is 2.83. The van der Waals surface area contributed by atoms with Gasteiger partial charge in [0.1, 0.15) is 0 Å². The highest BCUT2D eigenvalue weighted by Gasteiger charge is 2.01. The van der Waals surface area contributed by atoms with Crippen molar-refractivity contribution in [1.82, 2.24) is 0 Å². The lowest BCUT2D eigenvalue weighted by Gasteiger charge is -1.92. The van der Waals surface area contributed by atoms with Crippen LogP contribution in [0.2, 0.25) is 0 Å². The van der Waals surface area contributed by atoms with E-state index >= 15 is 0 Å². The maximum atomic E-state index is 5.17. The van der Waals surface area contributed by atoms with Gasteiger partial charge in [0.2, 0.25) is 5.96 Å². The van der Waals surface area contributed by atoms with Crippen molar-refractivity contribution in [3.63, 3.8) is 0 Å². The van der Waals surface area contributed by atoms with E-state index in [-0.39, 0.29) is 5.96 Å². The molecular weight excluding hydrogens is 196 g/mol. The van der Waals surface area contributed by atoms with Crippen LogP contribution in [0.4, 0.5) is 0 Å². The lowest BCUT2D eigenvalue weighted by Crippen LogP contribution is -2.22. The molecule has 0 amide bonds. The first-order valence-corrected chi connectivity index (χ1v) is 5.17. The van der Waals surface area contributed by atoms with E-state index in [0.717, 1.165) is 17.0 Å². The number of aryl methyl sites for hydroxylation is 1. The van der Waals surface area contributed by atoms with Crippen LogP contribution in [0.15, 0.2) is 22.3 Å². The zero-order valence-electron chi connectivity index (χ0n) is 8.32. The summed E-state index contributed by atoms with van der Waals surface area (Å²) in [5, 5.41) is 7.51. The van der Waals surface area contributed by atoms with Gasteiger partial charge in [-0.3, -0.25) is 0 Å². The maximum Gasteiger partial charge on any atom is 0.211 e. The second kappa shape index (κ2) is 4.76. The first kappa shape index (κ1) is 10.7. The summed E-state index contributed by atoms with van der Waals surface area (Å²) in [6.45, 7) is 4.01. The molecule has 0 unspecified atom stereocenters. The van der Waals surface area contributed by atoms with E-state index in [4.69, 9.17) is 11.5 Å². The molecule has 0 aliphatic heterocycles. The zero-order chi connectivity index (χ0) is 10.6. The molecule has 1 rings (SSSR count). The predicted octanol–water partition coefficient (Wildman–Crippen LogP) is 1.31. The van der Waals surface area contributed by atoms with Crippen LogP contribution in [-0.4, -0.2) is 11.7 Å². The summed E-state index contributed by atoms with van der Waals surface area (Å²) in [6, 6.07) is 4.12. The van der Waals surface area contributed by atoms with Crippen LogP contribution in [-0.2, 0) is 6.42 Å². The fraction of sp³-hybridized carbons (Fsp3) is 0.333. The average molecular weight is 210 g/mol. The van der Waals surface area contributed by atoms with Crippen LogP contribution in [0.3, 0.4) is 0 Å². The maximum absolute atomic E-state index is 5.17. The van der Waals surface area contributed by atoms with Crippen LogP contribution in [0.25, 0.3) is 0 Å². The van der Waals surface area contributed by atoms with Gasteiger partial charge in [-0.05, 0) is 25.5 Å². The van der Waals surface area contributed by atoms with E-state index in [1.807, 2.05) is 13.0 Å². The molecule has 0 fully saturated rings. The molecule has 5 heteroatoms. The molecule has 1 heterocycles. The molecule has 0 saturated carbocycles. The third kappa shape index (κ3) is 2.85. The average Bonchev–Trinajstić information content (AvgIpc) is 2.62. The van der Waals surface area contributed by atoms with E-state index in [1.165, 1.54) is 4.88 Å². The molecule has 76 valence electrons. The molecule has 4 nitrogen and oxygen atoms in total. The number of hydrogen-bond acceptors (Lipinski definition) is 3. The number of thiophene rings is 1. The molecule has 0 saturated heterocycles. The second-order valence-corrected chi connectivity index (χ2v) is 4.00. The van der Waals surface area contributed by atoms with Crippen LogP contribution < -0.4 is 11.5 Å². The van der Waals surface area contributed by atoms with Gasteiger partial charge < -0.3 is 11.5 Å². The Labute approximate surface area is 87.3 Å². The van der Waals surface area contributed by atoms with Gasteiger partial charge >= 0.3 is 0 Å². The Morgan fingerprint density at radius 1 is 1.36 bits per heavy atom. The van der Waals surface area contributed by atoms with Crippen LogP contribution in [0.5, 0.6) is 0 Å². The van der Waals surface area contributed by atoms with Crippen molar-refractivity contribution in [3.8, 4) is 0 Å². The Hall–Kier alpha value is -1.36. The summed E-state index contributed by atoms with van der Waals surface area (Å²) < 4.78 is 0. The molecule has 0 bridgehead atoms. The van der Waals surface area contributed by atoms with Gasteiger partial charge in [-0.1, -0.05) is 6.92 Å². The molecule has 0 radical (unpaired) electrons. The Kier molecular flexibility index (Phi) is 3.64. The number of rotatable bonds is 3. The first-order chi connectivity index (χ1) is 6.63.